The molecule has 0 N–H and O–H groups in total. The molecule has 0 amide bonds. The Bertz CT molecular complexity index is 1260. The average molecular weight is 439 g/mol. The molecule has 0 spiro atoms. The molecule has 0 atom stereocenters. The zero-order chi connectivity index (χ0) is 23.2. The molecular formula is C33H28N+. The van der Waals surface area contributed by atoms with Crippen molar-refractivity contribution in [2.45, 2.75) is 6.92 Å². The van der Waals surface area contributed by atoms with Crippen molar-refractivity contribution in [2.24, 2.45) is 0 Å². The van der Waals surface area contributed by atoms with E-state index in [1.165, 1.54) is 39.4 Å². The van der Waals surface area contributed by atoms with E-state index in [0.29, 0.717) is 4.48 Å². The Hall–Kier alpha value is -4.20. The first-order chi connectivity index (χ1) is 16.8. The van der Waals surface area contributed by atoms with Crippen LogP contribution in [0.3, 0.4) is 0 Å². The van der Waals surface area contributed by atoms with Crippen LogP contribution in [-0.2, 0) is 0 Å². The van der Waals surface area contributed by atoms with Gasteiger partial charge >= 0.3 is 0 Å². The molecule has 0 heterocycles. The maximum atomic E-state index is 2.33. The molecule has 164 valence electrons. The fourth-order valence-corrected chi connectivity index (χ4v) is 4.62. The maximum Gasteiger partial charge on any atom is 0.156 e. The Kier molecular flexibility index (Phi) is 6.20. The minimum Gasteiger partial charge on any atom is -0.194 e. The summed E-state index contributed by atoms with van der Waals surface area (Å²) in [6, 6.07) is 51.9. The van der Waals surface area contributed by atoms with Gasteiger partial charge in [-0.05, 0) is 24.6 Å². The van der Waals surface area contributed by atoms with Crippen LogP contribution in [0.15, 0.2) is 146 Å². The Morgan fingerprint density at radius 2 is 0.853 bits per heavy atom. The molecule has 0 bridgehead atoms. The van der Waals surface area contributed by atoms with Gasteiger partial charge in [0.1, 0.15) is 17.1 Å². The van der Waals surface area contributed by atoms with Crippen molar-refractivity contribution in [3.63, 3.8) is 0 Å². The topological polar surface area (TPSA) is 0 Å². The number of quaternary nitrogens is 1. The van der Waals surface area contributed by atoms with Gasteiger partial charge in [-0.25, -0.2) is 0 Å². The first-order valence-electron chi connectivity index (χ1n) is 11.7. The molecule has 0 aliphatic rings. The molecule has 0 aliphatic carbocycles. The quantitative estimate of drug-likeness (QED) is 0.183. The number of rotatable bonds is 6. The van der Waals surface area contributed by atoms with Crippen LogP contribution in [0.1, 0.15) is 16.7 Å². The molecule has 1 nitrogen and oxygen atoms in total. The molecule has 34 heavy (non-hydrogen) atoms. The summed E-state index contributed by atoms with van der Waals surface area (Å²) in [5.41, 5.74) is 8.34. The maximum absolute atomic E-state index is 2.33. The Morgan fingerprint density at radius 3 is 1.26 bits per heavy atom. The van der Waals surface area contributed by atoms with Gasteiger partial charge in [0.2, 0.25) is 0 Å². The van der Waals surface area contributed by atoms with Gasteiger partial charge < -0.3 is 0 Å². The summed E-state index contributed by atoms with van der Waals surface area (Å²) in [6.45, 7) is 2.14. The molecule has 0 unspecified atom stereocenters. The van der Waals surface area contributed by atoms with E-state index in [-0.39, 0.29) is 0 Å². The van der Waals surface area contributed by atoms with E-state index >= 15 is 0 Å². The van der Waals surface area contributed by atoms with Crippen LogP contribution in [0.5, 0.6) is 0 Å². The molecule has 5 aromatic rings. The molecule has 0 fully saturated rings. The molecule has 0 radical (unpaired) electrons. The average Bonchev–Trinajstić information content (AvgIpc) is 2.92. The zero-order valence-electron chi connectivity index (χ0n) is 19.4. The van der Waals surface area contributed by atoms with Gasteiger partial charge in [0.25, 0.3) is 0 Å². The summed E-state index contributed by atoms with van der Waals surface area (Å²) < 4.78 is 0.473. The highest BCUT2D eigenvalue weighted by atomic mass is 15.4. The first kappa shape index (κ1) is 21.6. The lowest BCUT2D eigenvalue weighted by molar-refractivity contribution is 0.718. The summed E-state index contributed by atoms with van der Waals surface area (Å²) >= 11 is 0. The van der Waals surface area contributed by atoms with Crippen LogP contribution in [0.25, 0.3) is 11.8 Å². The molecule has 0 saturated carbocycles. The lowest BCUT2D eigenvalue weighted by Gasteiger charge is -2.39. The standard InChI is InChI=1S/C33H28N/c1-27-22-24-29(25-23-27)33(26-28-14-6-2-7-15-28)34(30-16-8-3-9-17-30,31-18-10-4-11-19-31)32-20-12-5-13-21-32/h2-26H,1H3/q+1. The van der Waals surface area contributed by atoms with Crippen molar-refractivity contribution >= 4 is 28.8 Å². The second-order valence-electron chi connectivity index (χ2n) is 8.48. The number of aryl methyl sites for hydroxylation is 1. The Morgan fingerprint density at radius 1 is 0.471 bits per heavy atom. The predicted molar refractivity (Wildman–Crippen MR) is 146 cm³/mol. The van der Waals surface area contributed by atoms with Gasteiger partial charge in [0, 0.05) is 48.0 Å². The van der Waals surface area contributed by atoms with Crippen LogP contribution >= 0.6 is 0 Å². The van der Waals surface area contributed by atoms with Crippen molar-refractivity contribution < 1.29 is 0 Å². The minimum absolute atomic E-state index is 0.473. The lowest BCUT2D eigenvalue weighted by atomic mass is 9.99. The highest BCUT2D eigenvalue weighted by Crippen LogP contribution is 2.51. The monoisotopic (exact) mass is 438 g/mol. The van der Waals surface area contributed by atoms with Crippen LogP contribution in [0, 0.1) is 6.92 Å². The van der Waals surface area contributed by atoms with Gasteiger partial charge in [-0.3, -0.25) is 0 Å². The smallest absolute Gasteiger partial charge is 0.156 e. The Balaban J connectivity index is 1.94. The van der Waals surface area contributed by atoms with E-state index in [1.807, 2.05) is 0 Å². The number of benzene rings is 5. The SMILES string of the molecule is Cc1ccc(C(=Cc2ccccc2)[N+](c2ccccc2)(c2ccccc2)c2ccccc2)cc1. The number of hydrogen-bond donors (Lipinski definition) is 0. The Labute approximate surface area is 202 Å². The number of nitrogens with zero attached hydrogens (tertiary/aromatic N) is 1. The summed E-state index contributed by atoms with van der Waals surface area (Å²) in [4.78, 5) is 0. The molecule has 0 aromatic heterocycles. The van der Waals surface area contributed by atoms with Crippen molar-refractivity contribution in [1.29, 1.82) is 0 Å². The fourth-order valence-electron chi connectivity index (χ4n) is 4.62. The molecule has 1 heteroatoms. The summed E-state index contributed by atoms with van der Waals surface area (Å²) in [5.74, 6) is 0. The van der Waals surface area contributed by atoms with E-state index < -0.39 is 0 Å². The van der Waals surface area contributed by atoms with Crippen molar-refractivity contribution in [2.75, 3.05) is 0 Å². The van der Waals surface area contributed by atoms with Gasteiger partial charge in [-0.1, -0.05) is 103 Å². The van der Waals surface area contributed by atoms with E-state index in [2.05, 4.69) is 159 Å². The first-order valence-corrected chi connectivity index (χ1v) is 11.7. The van der Waals surface area contributed by atoms with Crippen LogP contribution in [-0.4, -0.2) is 0 Å². The van der Waals surface area contributed by atoms with E-state index in [1.54, 1.807) is 0 Å². The highest BCUT2D eigenvalue weighted by molar-refractivity contribution is 5.97. The largest absolute Gasteiger partial charge is 0.194 e. The van der Waals surface area contributed by atoms with Gasteiger partial charge in [0.05, 0.1) is 0 Å². The van der Waals surface area contributed by atoms with Crippen LogP contribution in [0.4, 0.5) is 17.1 Å². The van der Waals surface area contributed by atoms with E-state index in [0.717, 1.165) is 0 Å². The third kappa shape index (κ3) is 4.10. The summed E-state index contributed by atoms with van der Waals surface area (Å²) in [5, 5.41) is 0. The fraction of sp³-hybridized carbons (Fsp3) is 0.0303. The van der Waals surface area contributed by atoms with Crippen molar-refractivity contribution in [1.82, 2.24) is 4.48 Å². The van der Waals surface area contributed by atoms with E-state index in [4.69, 9.17) is 0 Å². The molecule has 5 rings (SSSR count). The second kappa shape index (κ2) is 9.74. The third-order valence-corrected chi connectivity index (χ3v) is 6.24. The third-order valence-electron chi connectivity index (χ3n) is 6.24. The molecule has 0 saturated heterocycles. The zero-order valence-corrected chi connectivity index (χ0v) is 19.4. The highest BCUT2D eigenvalue weighted by Gasteiger charge is 2.41. The molecule has 0 aliphatic heterocycles. The van der Waals surface area contributed by atoms with Crippen molar-refractivity contribution in [3.8, 4) is 0 Å². The van der Waals surface area contributed by atoms with Crippen molar-refractivity contribution in [3.05, 3.63) is 162 Å². The normalized spacial score (nSPS) is 11.9. The molecule has 5 aromatic carbocycles. The van der Waals surface area contributed by atoms with Gasteiger partial charge in [0.15, 0.2) is 5.70 Å². The summed E-state index contributed by atoms with van der Waals surface area (Å²) in [6.07, 6.45) is 2.33. The number of para-hydroxylation sites is 3. The summed E-state index contributed by atoms with van der Waals surface area (Å²) in [7, 11) is 0. The minimum atomic E-state index is 0.473. The van der Waals surface area contributed by atoms with Gasteiger partial charge in [-0.2, -0.15) is 4.48 Å². The number of hydrogen-bond acceptors (Lipinski definition) is 0. The van der Waals surface area contributed by atoms with E-state index in [9.17, 15) is 0 Å². The second-order valence-corrected chi connectivity index (χ2v) is 8.48. The lowest BCUT2D eigenvalue weighted by Crippen LogP contribution is -2.37. The predicted octanol–water partition coefficient (Wildman–Crippen LogP) is 9.16. The van der Waals surface area contributed by atoms with Gasteiger partial charge in [-0.15, -0.1) is 0 Å². The molecular weight excluding hydrogens is 410 g/mol. The van der Waals surface area contributed by atoms with Crippen LogP contribution in [0.2, 0.25) is 0 Å². The van der Waals surface area contributed by atoms with Crippen LogP contribution < -0.4 is 4.48 Å².